The van der Waals surface area contributed by atoms with Crippen molar-refractivity contribution in [3.05, 3.63) is 0 Å². The summed E-state index contributed by atoms with van der Waals surface area (Å²) in [6.07, 6.45) is -0.213. The molecule has 0 bridgehead atoms. The molecule has 0 spiro atoms. The molecule has 1 fully saturated rings. The molecule has 2 N–H and O–H groups in total. The second kappa shape index (κ2) is 3.17. The third-order valence-electron chi connectivity index (χ3n) is 1.91. The van der Waals surface area contributed by atoms with Gasteiger partial charge in [0.05, 0.1) is 19.1 Å². The van der Waals surface area contributed by atoms with Crippen molar-refractivity contribution in [2.75, 3.05) is 13.1 Å². The number of halogens is 1. The van der Waals surface area contributed by atoms with Gasteiger partial charge in [-0.3, -0.25) is 4.79 Å². The molecule has 1 saturated heterocycles. The van der Waals surface area contributed by atoms with Gasteiger partial charge in [-0.15, -0.1) is 0 Å². The number of nitrogens with two attached hydrogens (primary N) is 1. The summed E-state index contributed by atoms with van der Waals surface area (Å²) in [7, 11) is 0. The number of hydrogen-bond donors (Lipinski definition) is 1. The molecule has 4 heteroatoms. The maximum Gasteiger partial charge on any atom is 0.239 e. The number of alkyl halides is 1. The van der Waals surface area contributed by atoms with Crippen LogP contribution in [-0.4, -0.2) is 36.1 Å². The van der Waals surface area contributed by atoms with Gasteiger partial charge in [-0.25, -0.2) is 4.39 Å². The largest absolute Gasteiger partial charge is 0.335 e. The van der Waals surface area contributed by atoms with E-state index < -0.39 is 12.2 Å². The Kier molecular flexibility index (Phi) is 2.44. The molecule has 1 rings (SSSR count). The molecular formula is C7H13FN2O. The van der Waals surface area contributed by atoms with Crippen molar-refractivity contribution in [2.24, 2.45) is 5.73 Å². The third-order valence-corrected chi connectivity index (χ3v) is 1.91. The van der Waals surface area contributed by atoms with E-state index in [4.69, 9.17) is 5.73 Å². The Hall–Kier alpha value is -0.640. The second-order valence-corrected chi connectivity index (χ2v) is 2.86. The van der Waals surface area contributed by atoms with E-state index in [1.54, 1.807) is 0 Å². The summed E-state index contributed by atoms with van der Waals surface area (Å²) in [6.45, 7) is 2.30. The molecule has 11 heavy (non-hydrogen) atoms. The van der Waals surface area contributed by atoms with Gasteiger partial charge in [0.15, 0.2) is 0 Å². The predicted molar refractivity (Wildman–Crippen MR) is 39.7 cm³/mol. The van der Waals surface area contributed by atoms with Crippen LogP contribution in [0, 0.1) is 0 Å². The summed E-state index contributed by atoms with van der Waals surface area (Å²) < 4.78 is 12.3. The summed E-state index contributed by atoms with van der Waals surface area (Å²) in [4.78, 5) is 12.6. The lowest BCUT2D eigenvalue weighted by molar-refractivity contribution is -0.139. The van der Waals surface area contributed by atoms with Gasteiger partial charge < -0.3 is 10.6 Å². The summed E-state index contributed by atoms with van der Waals surface area (Å²) >= 11 is 0. The zero-order valence-corrected chi connectivity index (χ0v) is 6.59. The first-order chi connectivity index (χ1) is 5.15. The fourth-order valence-corrected chi connectivity index (χ4v) is 1.01. The Morgan fingerprint density at radius 2 is 2.36 bits per heavy atom. The Morgan fingerprint density at radius 3 is 2.73 bits per heavy atom. The summed E-state index contributed by atoms with van der Waals surface area (Å²) in [6, 6.07) is -0.442. The normalized spacial score (nSPS) is 21.2. The number of amides is 1. The van der Waals surface area contributed by atoms with E-state index in [0.29, 0.717) is 6.42 Å². The number of nitrogens with zero attached hydrogens (tertiary/aromatic N) is 1. The molecule has 1 unspecified atom stereocenters. The van der Waals surface area contributed by atoms with Crippen LogP contribution < -0.4 is 5.73 Å². The Morgan fingerprint density at radius 1 is 1.82 bits per heavy atom. The van der Waals surface area contributed by atoms with Crippen LogP contribution >= 0.6 is 0 Å². The first kappa shape index (κ1) is 8.46. The lowest BCUT2D eigenvalue weighted by atomic mass is 10.1. The smallest absolute Gasteiger partial charge is 0.239 e. The molecule has 1 aliphatic rings. The minimum absolute atomic E-state index is 0.124. The SMILES string of the molecule is CCC(N)C(=O)N1CC(F)C1. The topological polar surface area (TPSA) is 46.3 Å². The van der Waals surface area contributed by atoms with Gasteiger partial charge in [0.2, 0.25) is 5.91 Å². The zero-order valence-electron chi connectivity index (χ0n) is 6.59. The van der Waals surface area contributed by atoms with E-state index in [1.165, 1.54) is 4.90 Å². The minimum atomic E-state index is -0.831. The van der Waals surface area contributed by atoms with Crippen molar-refractivity contribution >= 4 is 5.91 Å². The molecule has 1 atom stereocenters. The maximum atomic E-state index is 12.3. The molecule has 64 valence electrons. The zero-order chi connectivity index (χ0) is 8.43. The van der Waals surface area contributed by atoms with Crippen LogP contribution in [0.2, 0.25) is 0 Å². The van der Waals surface area contributed by atoms with Gasteiger partial charge in [0, 0.05) is 0 Å². The van der Waals surface area contributed by atoms with E-state index in [2.05, 4.69) is 0 Å². The van der Waals surface area contributed by atoms with Gasteiger partial charge in [0.25, 0.3) is 0 Å². The Labute approximate surface area is 65.3 Å². The second-order valence-electron chi connectivity index (χ2n) is 2.86. The molecule has 1 heterocycles. The molecule has 0 radical (unpaired) electrons. The average Bonchev–Trinajstić information content (AvgIpc) is 1.96. The standard InChI is InChI=1S/C7H13FN2O/c1-2-6(9)7(11)10-3-5(8)4-10/h5-6H,2-4,9H2,1H3. The highest BCUT2D eigenvalue weighted by atomic mass is 19.1. The monoisotopic (exact) mass is 160 g/mol. The van der Waals surface area contributed by atoms with Crippen LogP contribution in [0.5, 0.6) is 0 Å². The molecule has 1 aliphatic heterocycles. The number of rotatable bonds is 2. The molecule has 3 nitrogen and oxygen atoms in total. The van der Waals surface area contributed by atoms with Crippen molar-refractivity contribution in [3.8, 4) is 0 Å². The lowest BCUT2D eigenvalue weighted by Crippen LogP contribution is -2.56. The third kappa shape index (κ3) is 1.68. The number of carbonyl (C=O) groups excluding carboxylic acids is 1. The number of likely N-dealkylation sites (tertiary alicyclic amines) is 1. The first-order valence-electron chi connectivity index (χ1n) is 3.83. The molecule has 0 saturated carbocycles. The van der Waals surface area contributed by atoms with Gasteiger partial charge in [-0.2, -0.15) is 0 Å². The Bertz CT molecular complexity index is 157. The van der Waals surface area contributed by atoms with Crippen molar-refractivity contribution in [1.82, 2.24) is 4.90 Å². The van der Waals surface area contributed by atoms with Gasteiger partial charge in [-0.05, 0) is 6.42 Å². The number of carbonyl (C=O) groups is 1. The molecular weight excluding hydrogens is 147 g/mol. The average molecular weight is 160 g/mol. The highest BCUT2D eigenvalue weighted by molar-refractivity contribution is 5.82. The predicted octanol–water partition coefficient (Wildman–Crippen LogP) is -0.0960. The Balaban J connectivity index is 2.31. The summed E-state index contributed by atoms with van der Waals surface area (Å²) in [5.74, 6) is -0.124. The fraction of sp³-hybridized carbons (Fsp3) is 0.857. The first-order valence-corrected chi connectivity index (χ1v) is 3.83. The van der Waals surface area contributed by atoms with Gasteiger partial charge in [-0.1, -0.05) is 6.92 Å². The van der Waals surface area contributed by atoms with E-state index in [0.717, 1.165) is 0 Å². The lowest BCUT2D eigenvalue weighted by Gasteiger charge is -2.35. The molecule has 0 aromatic carbocycles. The van der Waals surface area contributed by atoms with Gasteiger partial charge >= 0.3 is 0 Å². The molecule has 0 aromatic rings. The van der Waals surface area contributed by atoms with Gasteiger partial charge in [0.1, 0.15) is 6.17 Å². The number of hydrogen-bond acceptors (Lipinski definition) is 2. The van der Waals surface area contributed by atoms with Crippen molar-refractivity contribution < 1.29 is 9.18 Å². The highest BCUT2D eigenvalue weighted by Crippen LogP contribution is 2.12. The summed E-state index contributed by atoms with van der Waals surface area (Å²) in [5, 5.41) is 0. The summed E-state index contributed by atoms with van der Waals surface area (Å²) in [5.41, 5.74) is 5.46. The minimum Gasteiger partial charge on any atom is -0.335 e. The van der Waals surface area contributed by atoms with Crippen LogP contribution in [-0.2, 0) is 4.79 Å². The quantitative estimate of drug-likeness (QED) is 0.613. The fourth-order valence-electron chi connectivity index (χ4n) is 1.01. The van der Waals surface area contributed by atoms with Crippen molar-refractivity contribution in [1.29, 1.82) is 0 Å². The van der Waals surface area contributed by atoms with Crippen LogP contribution in [0.3, 0.4) is 0 Å². The van der Waals surface area contributed by atoms with Crippen LogP contribution in [0.1, 0.15) is 13.3 Å². The van der Waals surface area contributed by atoms with E-state index in [9.17, 15) is 9.18 Å². The van der Waals surface area contributed by atoms with E-state index in [1.807, 2.05) is 6.92 Å². The molecule has 0 aromatic heterocycles. The van der Waals surface area contributed by atoms with Crippen molar-refractivity contribution in [2.45, 2.75) is 25.6 Å². The highest BCUT2D eigenvalue weighted by Gasteiger charge is 2.32. The molecule has 0 aliphatic carbocycles. The van der Waals surface area contributed by atoms with E-state index in [-0.39, 0.29) is 19.0 Å². The molecule has 1 amide bonds. The van der Waals surface area contributed by atoms with Crippen molar-refractivity contribution in [3.63, 3.8) is 0 Å². The van der Waals surface area contributed by atoms with Crippen LogP contribution in [0.25, 0.3) is 0 Å². The van der Waals surface area contributed by atoms with Crippen LogP contribution in [0.4, 0.5) is 4.39 Å². The van der Waals surface area contributed by atoms with E-state index >= 15 is 0 Å². The van der Waals surface area contributed by atoms with Crippen LogP contribution in [0.15, 0.2) is 0 Å². The maximum absolute atomic E-state index is 12.3.